The Morgan fingerprint density at radius 3 is 1.97 bits per heavy atom. The van der Waals surface area contributed by atoms with Crippen molar-refractivity contribution in [3.8, 4) is 0 Å². The SMILES string of the molecule is O=C(Cc1ccc(C(F)(F)F)cc1)NC1CCC(CN(Cc2ccccc2)S(=O)(=O)c2ccccc2)CC1. The first-order valence-electron chi connectivity index (χ1n) is 12.7. The summed E-state index contributed by atoms with van der Waals surface area (Å²) in [6.45, 7) is 0.667. The van der Waals surface area contributed by atoms with Gasteiger partial charge in [0.25, 0.3) is 0 Å². The van der Waals surface area contributed by atoms with Crippen LogP contribution < -0.4 is 5.32 Å². The van der Waals surface area contributed by atoms with Crippen LogP contribution in [-0.4, -0.2) is 31.2 Å². The summed E-state index contributed by atoms with van der Waals surface area (Å²) in [5.41, 5.74) is 0.693. The highest BCUT2D eigenvalue weighted by Gasteiger charge is 2.31. The standard InChI is InChI=1S/C29H31F3N2O3S/c30-29(31,32)25-15-11-22(12-16-25)19-28(35)33-26-17-13-24(14-18-26)21-34(20-23-7-3-1-4-8-23)38(36,37)27-9-5-2-6-10-27/h1-12,15-16,24,26H,13-14,17-21H2,(H,33,35). The molecule has 5 nitrogen and oxygen atoms in total. The second-order valence-corrected chi connectivity index (χ2v) is 11.7. The van der Waals surface area contributed by atoms with E-state index in [0.717, 1.165) is 30.5 Å². The summed E-state index contributed by atoms with van der Waals surface area (Å²) in [6.07, 6.45) is -1.43. The summed E-state index contributed by atoms with van der Waals surface area (Å²) in [4.78, 5) is 12.8. The van der Waals surface area contributed by atoms with Gasteiger partial charge in [-0.1, -0.05) is 60.7 Å². The van der Waals surface area contributed by atoms with Gasteiger partial charge in [0, 0.05) is 19.1 Å². The predicted molar refractivity (Wildman–Crippen MR) is 140 cm³/mol. The lowest BCUT2D eigenvalue weighted by atomic mass is 9.86. The van der Waals surface area contributed by atoms with Gasteiger partial charge in [-0.2, -0.15) is 17.5 Å². The molecule has 202 valence electrons. The van der Waals surface area contributed by atoms with Crippen LogP contribution in [0.4, 0.5) is 13.2 Å². The molecule has 3 aromatic rings. The molecule has 0 heterocycles. The molecular formula is C29H31F3N2O3S. The summed E-state index contributed by atoms with van der Waals surface area (Å²) >= 11 is 0. The number of carbonyl (C=O) groups excluding carboxylic acids is 1. The van der Waals surface area contributed by atoms with Gasteiger partial charge in [-0.25, -0.2) is 8.42 Å². The lowest BCUT2D eigenvalue weighted by molar-refractivity contribution is -0.137. The lowest BCUT2D eigenvalue weighted by Crippen LogP contribution is -2.41. The van der Waals surface area contributed by atoms with Crippen molar-refractivity contribution in [1.82, 2.24) is 9.62 Å². The molecule has 0 bridgehead atoms. The topological polar surface area (TPSA) is 66.5 Å². The Hall–Kier alpha value is -3.17. The maximum absolute atomic E-state index is 13.5. The molecule has 9 heteroatoms. The Bertz CT molecular complexity index is 1290. The van der Waals surface area contributed by atoms with Crippen LogP contribution >= 0.6 is 0 Å². The largest absolute Gasteiger partial charge is 0.416 e. The van der Waals surface area contributed by atoms with Gasteiger partial charge in [-0.15, -0.1) is 0 Å². The van der Waals surface area contributed by atoms with Gasteiger partial charge in [0.1, 0.15) is 0 Å². The maximum Gasteiger partial charge on any atom is 0.416 e. The van der Waals surface area contributed by atoms with E-state index < -0.39 is 21.8 Å². The van der Waals surface area contributed by atoms with E-state index in [2.05, 4.69) is 5.32 Å². The Morgan fingerprint density at radius 2 is 1.39 bits per heavy atom. The van der Waals surface area contributed by atoms with Gasteiger partial charge in [-0.05, 0) is 67.0 Å². The molecular weight excluding hydrogens is 513 g/mol. The van der Waals surface area contributed by atoms with Crippen molar-refractivity contribution in [2.45, 2.75) is 55.8 Å². The highest BCUT2D eigenvalue weighted by Crippen LogP contribution is 2.30. The number of carbonyl (C=O) groups is 1. The van der Waals surface area contributed by atoms with Crippen LogP contribution in [0, 0.1) is 5.92 Å². The number of hydrogen-bond donors (Lipinski definition) is 1. The van der Waals surface area contributed by atoms with Crippen LogP contribution in [-0.2, 0) is 34.0 Å². The number of halogens is 3. The zero-order valence-electron chi connectivity index (χ0n) is 20.9. The number of nitrogens with zero attached hydrogens (tertiary/aromatic N) is 1. The second-order valence-electron chi connectivity index (χ2n) is 9.75. The minimum Gasteiger partial charge on any atom is -0.353 e. The fourth-order valence-electron chi connectivity index (χ4n) is 4.83. The fraction of sp³-hybridized carbons (Fsp3) is 0.345. The highest BCUT2D eigenvalue weighted by molar-refractivity contribution is 7.89. The quantitative estimate of drug-likeness (QED) is 0.370. The third-order valence-corrected chi connectivity index (χ3v) is 8.73. The molecule has 0 atom stereocenters. The van der Waals surface area contributed by atoms with E-state index in [1.165, 1.54) is 12.1 Å². The van der Waals surface area contributed by atoms with E-state index in [1.807, 2.05) is 30.3 Å². The number of rotatable bonds is 9. The minimum atomic E-state index is -4.41. The summed E-state index contributed by atoms with van der Waals surface area (Å²) in [6, 6.07) is 22.5. The average Bonchev–Trinajstić information content (AvgIpc) is 2.90. The van der Waals surface area contributed by atoms with E-state index in [9.17, 15) is 26.4 Å². The van der Waals surface area contributed by atoms with Crippen LogP contribution in [0.2, 0.25) is 0 Å². The molecule has 1 aliphatic carbocycles. The first kappa shape index (κ1) is 27.9. The van der Waals surface area contributed by atoms with E-state index in [0.29, 0.717) is 24.9 Å². The van der Waals surface area contributed by atoms with Crippen LogP contribution in [0.15, 0.2) is 89.8 Å². The minimum absolute atomic E-state index is 0.0121. The molecule has 4 rings (SSSR count). The van der Waals surface area contributed by atoms with Gasteiger partial charge in [-0.3, -0.25) is 4.79 Å². The Kier molecular flexibility index (Phi) is 8.89. The molecule has 1 N–H and O–H groups in total. The first-order valence-corrected chi connectivity index (χ1v) is 14.1. The molecule has 1 fully saturated rings. The maximum atomic E-state index is 13.5. The third kappa shape index (κ3) is 7.45. The summed E-state index contributed by atoms with van der Waals surface area (Å²) in [5.74, 6) is -0.0779. The third-order valence-electron chi connectivity index (χ3n) is 6.90. The van der Waals surface area contributed by atoms with Crippen LogP contribution in [0.5, 0.6) is 0 Å². The molecule has 0 aliphatic heterocycles. The van der Waals surface area contributed by atoms with Gasteiger partial charge in [0.15, 0.2) is 0 Å². The second kappa shape index (κ2) is 12.1. The average molecular weight is 545 g/mol. The van der Waals surface area contributed by atoms with Gasteiger partial charge < -0.3 is 5.32 Å². The van der Waals surface area contributed by atoms with Gasteiger partial charge in [0.05, 0.1) is 16.9 Å². The number of nitrogens with one attached hydrogen (secondary N) is 1. The zero-order chi connectivity index (χ0) is 27.2. The van der Waals surface area contributed by atoms with E-state index >= 15 is 0 Å². The summed E-state index contributed by atoms with van der Waals surface area (Å²) in [7, 11) is -3.68. The smallest absolute Gasteiger partial charge is 0.353 e. The number of sulfonamides is 1. The Balaban J connectivity index is 1.33. The normalized spacial score (nSPS) is 18.3. The Labute approximate surface area is 221 Å². The van der Waals surface area contributed by atoms with Crippen molar-refractivity contribution in [1.29, 1.82) is 0 Å². The molecule has 0 saturated heterocycles. The van der Waals surface area contributed by atoms with E-state index in [4.69, 9.17) is 0 Å². The lowest BCUT2D eigenvalue weighted by Gasteiger charge is -2.33. The highest BCUT2D eigenvalue weighted by atomic mass is 32.2. The van der Waals surface area contributed by atoms with Crippen LogP contribution in [0.1, 0.15) is 42.4 Å². The molecule has 1 aliphatic rings. The van der Waals surface area contributed by atoms with Crippen molar-refractivity contribution < 1.29 is 26.4 Å². The Morgan fingerprint density at radius 1 is 0.816 bits per heavy atom. The predicted octanol–water partition coefficient (Wildman–Crippen LogP) is 5.81. The zero-order valence-corrected chi connectivity index (χ0v) is 21.7. The van der Waals surface area contributed by atoms with Crippen molar-refractivity contribution in [3.63, 3.8) is 0 Å². The molecule has 0 radical (unpaired) electrons. The fourth-order valence-corrected chi connectivity index (χ4v) is 6.35. The number of amides is 1. The summed E-state index contributed by atoms with van der Waals surface area (Å²) < 4.78 is 66.7. The van der Waals surface area contributed by atoms with Crippen molar-refractivity contribution in [3.05, 3.63) is 102 Å². The molecule has 0 spiro atoms. The van der Waals surface area contributed by atoms with E-state index in [-0.39, 0.29) is 35.7 Å². The van der Waals surface area contributed by atoms with Crippen molar-refractivity contribution in [2.24, 2.45) is 5.92 Å². The molecule has 38 heavy (non-hydrogen) atoms. The van der Waals surface area contributed by atoms with Crippen molar-refractivity contribution in [2.75, 3.05) is 6.54 Å². The van der Waals surface area contributed by atoms with Gasteiger partial charge in [0.2, 0.25) is 15.9 Å². The van der Waals surface area contributed by atoms with Crippen LogP contribution in [0.25, 0.3) is 0 Å². The number of alkyl halides is 3. The molecule has 3 aromatic carbocycles. The molecule has 0 unspecified atom stereocenters. The molecule has 0 aromatic heterocycles. The van der Waals surface area contributed by atoms with Crippen LogP contribution in [0.3, 0.4) is 0 Å². The summed E-state index contributed by atoms with van der Waals surface area (Å²) in [5, 5.41) is 2.99. The van der Waals surface area contributed by atoms with Crippen molar-refractivity contribution >= 4 is 15.9 Å². The number of hydrogen-bond acceptors (Lipinski definition) is 3. The first-order chi connectivity index (χ1) is 18.1. The van der Waals surface area contributed by atoms with Gasteiger partial charge >= 0.3 is 6.18 Å². The van der Waals surface area contributed by atoms with E-state index in [1.54, 1.807) is 34.6 Å². The number of benzene rings is 3. The molecule has 1 saturated carbocycles. The molecule has 1 amide bonds. The monoisotopic (exact) mass is 544 g/mol.